The zero-order valence-corrected chi connectivity index (χ0v) is 23.3. The van der Waals surface area contributed by atoms with Crippen molar-refractivity contribution in [2.24, 2.45) is 0 Å². The second-order valence-electron chi connectivity index (χ2n) is 9.72. The van der Waals surface area contributed by atoms with Gasteiger partial charge in [0, 0.05) is 20.0 Å². The molecule has 0 fully saturated rings. The highest BCUT2D eigenvalue weighted by Gasteiger charge is 2.15. The molecule has 0 aromatic carbocycles. The van der Waals surface area contributed by atoms with Gasteiger partial charge >= 0.3 is 11.9 Å². The molecule has 0 atom stereocenters. The Morgan fingerprint density at radius 2 is 0.886 bits per heavy atom. The van der Waals surface area contributed by atoms with Crippen LogP contribution in [0.15, 0.2) is 0 Å². The van der Waals surface area contributed by atoms with E-state index in [0.717, 1.165) is 25.7 Å². The number of rotatable bonds is 27. The lowest BCUT2D eigenvalue weighted by atomic mass is 10.1. The van der Waals surface area contributed by atoms with Gasteiger partial charge in [0.15, 0.2) is 0 Å². The number of esters is 2. The van der Waals surface area contributed by atoms with Crippen molar-refractivity contribution in [3.8, 4) is 0 Å². The highest BCUT2D eigenvalue weighted by Crippen LogP contribution is 2.12. The van der Waals surface area contributed by atoms with Crippen LogP contribution < -0.4 is 0 Å². The van der Waals surface area contributed by atoms with Crippen LogP contribution in [0.25, 0.3) is 0 Å². The third-order valence-corrected chi connectivity index (χ3v) is 6.25. The van der Waals surface area contributed by atoms with Crippen molar-refractivity contribution >= 4 is 11.9 Å². The molecule has 0 unspecified atom stereocenters. The van der Waals surface area contributed by atoms with Crippen molar-refractivity contribution in [2.75, 3.05) is 27.1 Å². The van der Waals surface area contributed by atoms with Crippen LogP contribution in [-0.2, 0) is 28.5 Å². The first-order valence-electron chi connectivity index (χ1n) is 14.6. The Kier molecular flexibility index (Phi) is 26.6. The maximum Gasteiger partial charge on any atom is 0.305 e. The molecule has 0 aromatic rings. The molecular weight excluding hydrogens is 444 g/mol. The summed E-state index contributed by atoms with van der Waals surface area (Å²) in [5, 5.41) is 0. The van der Waals surface area contributed by atoms with Crippen molar-refractivity contribution < 1.29 is 28.5 Å². The van der Waals surface area contributed by atoms with Crippen molar-refractivity contribution in [2.45, 2.75) is 148 Å². The molecule has 0 heterocycles. The van der Waals surface area contributed by atoms with Crippen molar-refractivity contribution in [1.29, 1.82) is 0 Å². The zero-order valence-electron chi connectivity index (χ0n) is 23.3. The predicted molar refractivity (Wildman–Crippen MR) is 142 cm³/mol. The Hall–Kier alpha value is -1.14. The Morgan fingerprint density at radius 1 is 0.543 bits per heavy atom. The monoisotopic (exact) mass is 500 g/mol. The molecule has 208 valence electrons. The number of hydrogen-bond donors (Lipinski definition) is 0. The second kappa shape index (κ2) is 27.4. The van der Waals surface area contributed by atoms with Crippen LogP contribution in [0.3, 0.4) is 0 Å². The van der Waals surface area contributed by atoms with Gasteiger partial charge in [-0.3, -0.25) is 9.59 Å². The van der Waals surface area contributed by atoms with Gasteiger partial charge in [0.1, 0.15) is 26.1 Å². The number of carbonyl (C=O) groups excluding carboxylic acids is 2. The average molecular weight is 501 g/mol. The number of methoxy groups -OCH3 is 1. The van der Waals surface area contributed by atoms with Gasteiger partial charge in [-0.15, -0.1) is 0 Å². The molecule has 6 nitrogen and oxygen atoms in total. The topological polar surface area (TPSA) is 71.1 Å². The van der Waals surface area contributed by atoms with E-state index in [0.29, 0.717) is 12.8 Å². The van der Waals surface area contributed by atoms with Gasteiger partial charge in [-0.25, -0.2) is 0 Å². The maximum atomic E-state index is 12.1. The highest BCUT2D eigenvalue weighted by atomic mass is 16.7. The molecule has 0 aromatic heterocycles. The molecule has 0 aliphatic carbocycles. The van der Waals surface area contributed by atoms with E-state index in [1.165, 1.54) is 97.0 Å². The van der Waals surface area contributed by atoms with Gasteiger partial charge in [-0.2, -0.15) is 0 Å². The third-order valence-electron chi connectivity index (χ3n) is 6.25. The summed E-state index contributed by atoms with van der Waals surface area (Å²) in [7, 11) is 1.53. The summed E-state index contributed by atoms with van der Waals surface area (Å²) in [6.07, 6.45) is 22.1. The first kappa shape index (κ1) is 33.9. The van der Waals surface area contributed by atoms with Gasteiger partial charge in [-0.05, 0) is 12.8 Å². The zero-order chi connectivity index (χ0) is 25.8. The van der Waals surface area contributed by atoms with Crippen LogP contribution in [0, 0.1) is 0 Å². The Labute approximate surface area is 216 Å². The highest BCUT2D eigenvalue weighted by molar-refractivity contribution is 5.69. The van der Waals surface area contributed by atoms with Crippen LogP contribution in [0.1, 0.15) is 142 Å². The molecule has 0 bridgehead atoms. The summed E-state index contributed by atoms with van der Waals surface area (Å²) < 4.78 is 21.2. The quantitative estimate of drug-likeness (QED) is 0.0648. The minimum absolute atomic E-state index is 0.0658. The molecule has 0 amide bonds. The van der Waals surface area contributed by atoms with E-state index < -0.39 is 6.10 Å². The SMILES string of the molecule is CCCCCCCCCCCC(=O)OCC(COC(=O)CCCCCCCCCCC)OCOC. The van der Waals surface area contributed by atoms with E-state index in [4.69, 9.17) is 18.9 Å². The van der Waals surface area contributed by atoms with Gasteiger partial charge in [0.25, 0.3) is 0 Å². The predicted octanol–water partition coefficient (Wildman–Crippen LogP) is 7.90. The van der Waals surface area contributed by atoms with Gasteiger partial charge in [0.2, 0.25) is 0 Å². The first-order valence-corrected chi connectivity index (χ1v) is 14.6. The molecule has 0 saturated heterocycles. The average Bonchev–Trinajstić information content (AvgIpc) is 2.86. The van der Waals surface area contributed by atoms with Crippen LogP contribution in [-0.4, -0.2) is 45.2 Å². The molecule has 0 aliphatic rings. The summed E-state index contributed by atoms with van der Waals surface area (Å²) in [5.74, 6) is -0.444. The van der Waals surface area contributed by atoms with Gasteiger partial charge < -0.3 is 18.9 Å². The standard InChI is InChI=1S/C29H56O6/c1-4-6-8-10-12-14-16-18-20-22-28(30)33-24-27(35-26-32-3)25-34-29(31)23-21-19-17-15-13-11-9-7-5-2/h27H,4-26H2,1-3H3. The Bertz CT molecular complexity index is 430. The molecule has 0 N–H and O–H groups in total. The fraction of sp³-hybridized carbons (Fsp3) is 0.931. The molecule has 0 radical (unpaired) electrons. The first-order chi connectivity index (χ1) is 17.1. The molecule has 0 aliphatic heterocycles. The number of hydrogen-bond acceptors (Lipinski definition) is 6. The van der Waals surface area contributed by atoms with Crippen LogP contribution in [0.5, 0.6) is 0 Å². The Balaban J connectivity index is 3.82. The van der Waals surface area contributed by atoms with E-state index in [9.17, 15) is 9.59 Å². The molecule has 0 saturated carbocycles. The van der Waals surface area contributed by atoms with Gasteiger partial charge in [-0.1, -0.05) is 117 Å². The van der Waals surface area contributed by atoms with E-state index in [2.05, 4.69) is 13.8 Å². The minimum atomic E-state index is -0.505. The fourth-order valence-corrected chi connectivity index (χ4v) is 3.98. The minimum Gasteiger partial charge on any atom is -0.463 e. The summed E-state index contributed by atoms with van der Waals surface area (Å²) in [5.41, 5.74) is 0. The molecule has 35 heavy (non-hydrogen) atoms. The van der Waals surface area contributed by atoms with Crippen LogP contribution in [0.4, 0.5) is 0 Å². The molecule has 0 spiro atoms. The Morgan fingerprint density at radius 3 is 1.23 bits per heavy atom. The van der Waals surface area contributed by atoms with Gasteiger partial charge in [0.05, 0.1) is 0 Å². The number of carbonyl (C=O) groups is 2. The van der Waals surface area contributed by atoms with E-state index >= 15 is 0 Å². The molecule has 0 rings (SSSR count). The largest absolute Gasteiger partial charge is 0.463 e. The third kappa shape index (κ3) is 25.8. The lowest BCUT2D eigenvalue weighted by Crippen LogP contribution is -2.29. The fourth-order valence-electron chi connectivity index (χ4n) is 3.98. The number of unbranched alkanes of at least 4 members (excludes halogenated alkanes) is 16. The second-order valence-corrected chi connectivity index (χ2v) is 9.72. The number of ether oxygens (including phenoxy) is 4. The summed E-state index contributed by atoms with van der Waals surface area (Å²) in [6.45, 7) is 4.68. The van der Waals surface area contributed by atoms with Crippen molar-refractivity contribution in [3.05, 3.63) is 0 Å². The molecular formula is C29H56O6. The lowest BCUT2D eigenvalue weighted by Gasteiger charge is -2.17. The van der Waals surface area contributed by atoms with E-state index in [-0.39, 0.29) is 31.9 Å². The lowest BCUT2D eigenvalue weighted by molar-refractivity contribution is -0.162. The summed E-state index contributed by atoms with van der Waals surface area (Å²) >= 11 is 0. The summed E-state index contributed by atoms with van der Waals surface area (Å²) in [6, 6.07) is 0. The van der Waals surface area contributed by atoms with Crippen molar-refractivity contribution in [1.82, 2.24) is 0 Å². The van der Waals surface area contributed by atoms with Crippen molar-refractivity contribution in [3.63, 3.8) is 0 Å². The van der Waals surface area contributed by atoms with Crippen LogP contribution >= 0.6 is 0 Å². The van der Waals surface area contributed by atoms with E-state index in [1.807, 2.05) is 0 Å². The van der Waals surface area contributed by atoms with E-state index in [1.54, 1.807) is 0 Å². The smallest absolute Gasteiger partial charge is 0.305 e. The summed E-state index contributed by atoms with van der Waals surface area (Å²) in [4.78, 5) is 24.1. The molecule has 6 heteroatoms. The maximum absolute atomic E-state index is 12.1. The normalized spacial score (nSPS) is 11.2. The van der Waals surface area contributed by atoms with Crippen LogP contribution in [0.2, 0.25) is 0 Å².